The average Bonchev–Trinajstić information content (AvgIpc) is 2.64. The normalized spacial score (nSPS) is 20.9. The van der Waals surface area contributed by atoms with Crippen molar-refractivity contribution in [2.45, 2.75) is 13.0 Å². The van der Waals surface area contributed by atoms with E-state index in [9.17, 15) is 0 Å². The van der Waals surface area contributed by atoms with Crippen LogP contribution in [0.4, 0.5) is 0 Å². The maximum atomic E-state index is 3.65. The minimum Gasteiger partial charge on any atom is -0.348 e. The molecule has 1 saturated heterocycles. The number of thioether (sulfide) groups is 1. The molecule has 3 rings (SSSR count). The maximum Gasteiger partial charge on any atom is 0.0483 e. The Bertz CT molecular complexity index is 538. The van der Waals surface area contributed by atoms with Gasteiger partial charge in [0.2, 0.25) is 0 Å². The van der Waals surface area contributed by atoms with Crippen molar-refractivity contribution in [1.82, 2.24) is 9.88 Å². The molecule has 1 unspecified atom stereocenters. The minimum absolute atomic E-state index is 0.514. The zero-order chi connectivity index (χ0) is 11.8. The maximum absolute atomic E-state index is 3.65. The molecule has 2 nitrogen and oxygen atoms in total. The number of nitrogens with one attached hydrogen (secondary N) is 1. The van der Waals surface area contributed by atoms with E-state index in [2.05, 4.69) is 59.9 Å². The molecule has 3 heteroatoms. The highest BCUT2D eigenvalue weighted by Gasteiger charge is 2.22. The number of aromatic nitrogens is 1. The lowest BCUT2D eigenvalue weighted by Crippen LogP contribution is -2.30. The van der Waals surface area contributed by atoms with Gasteiger partial charge in [0.25, 0.3) is 0 Å². The first-order valence-electron chi connectivity index (χ1n) is 6.14. The van der Waals surface area contributed by atoms with Crippen molar-refractivity contribution in [3.8, 4) is 0 Å². The minimum atomic E-state index is 0.514. The van der Waals surface area contributed by atoms with Crippen LogP contribution in [0, 0.1) is 6.92 Å². The summed E-state index contributed by atoms with van der Waals surface area (Å²) < 4.78 is 2.31. The highest BCUT2D eigenvalue weighted by Crippen LogP contribution is 2.32. The number of aryl methyl sites for hydroxylation is 1. The number of rotatable bonds is 1. The molecule has 17 heavy (non-hydrogen) atoms. The van der Waals surface area contributed by atoms with E-state index in [-0.39, 0.29) is 0 Å². The monoisotopic (exact) mass is 246 g/mol. The van der Waals surface area contributed by atoms with E-state index >= 15 is 0 Å². The first kappa shape index (κ1) is 11.2. The van der Waals surface area contributed by atoms with Crippen molar-refractivity contribution in [3.63, 3.8) is 0 Å². The molecule has 90 valence electrons. The summed E-state index contributed by atoms with van der Waals surface area (Å²) in [6, 6.07) is 9.23. The van der Waals surface area contributed by atoms with Gasteiger partial charge in [-0.15, -0.1) is 0 Å². The molecular formula is C14H18N2S. The molecule has 1 aromatic heterocycles. The summed E-state index contributed by atoms with van der Waals surface area (Å²) in [6.07, 6.45) is 0. The van der Waals surface area contributed by atoms with E-state index in [0.717, 1.165) is 6.54 Å². The molecule has 1 fully saturated rings. The van der Waals surface area contributed by atoms with Gasteiger partial charge in [-0.3, -0.25) is 0 Å². The van der Waals surface area contributed by atoms with Crippen LogP contribution in [0.5, 0.6) is 0 Å². The Hall–Kier alpha value is -0.930. The average molecular weight is 246 g/mol. The zero-order valence-corrected chi connectivity index (χ0v) is 11.2. The van der Waals surface area contributed by atoms with Gasteiger partial charge in [-0.2, -0.15) is 11.8 Å². The summed E-state index contributed by atoms with van der Waals surface area (Å²) in [5.74, 6) is 2.43. The number of para-hydroxylation sites is 1. The summed E-state index contributed by atoms with van der Waals surface area (Å²) in [6.45, 7) is 3.36. The molecule has 0 bridgehead atoms. The Balaban J connectivity index is 2.17. The molecule has 0 aliphatic carbocycles. The van der Waals surface area contributed by atoms with Gasteiger partial charge in [0, 0.05) is 47.7 Å². The van der Waals surface area contributed by atoms with Gasteiger partial charge < -0.3 is 9.88 Å². The fourth-order valence-electron chi connectivity index (χ4n) is 2.74. The first-order valence-corrected chi connectivity index (χ1v) is 7.29. The van der Waals surface area contributed by atoms with Crippen LogP contribution >= 0.6 is 11.8 Å². The Morgan fingerprint density at radius 3 is 2.94 bits per heavy atom. The molecule has 1 N–H and O–H groups in total. The third kappa shape index (κ3) is 1.78. The van der Waals surface area contributed by atoms with E-state index < -0.39 is 0 Å². The lowest BCUT2D eigenvalue weighted by molar-refractivity contribution is 0.593. The van der Waals surface area contributed by atoms with Crippen molar-refractivity contribution >= 4 is 22.7 Å². The summed E-state index contributed by atoms with van der Waals surface area (Å²) >= 11 is 2.05. The van der Waals surface area contributed by atoms with Crippen LogP contribution in [0.15, 0.2) is 24.3 Å². The standard InChI is InChI=1S/C14H18N2S/c1-10-14(12-9-17-8-7-15-12)11-5-3-4-6-13(11)16(10)2/h3-6,12,15H,7-9H2,1-2H3. The van der Waals surface area contributed by atoms with Gasteiger partial charge >= 0.3 is 0 Å². The van der Waals surface area contributed by atoms with Crippen LogP contribution in [0.3, 0.4) is 0 Å². The highest BCUT2D eigenvalue weighted by atomic mass is 32.2. The summed E-state index contributed by atoms with van der Waals surface area (Å²) in [7, 11) is 2.16. The van der Waals surface area contributed by atoms with E-state index in [1.54, 1.807) is 0 Å². The quantitative estimate of drug-likeness (QED) is 0.833. The van der Waals surface area contributed by atoms with Crippen LogP contribution in [-0.4, -0.2) is 22.6 Å². The van der Waals surface area contributed by atoms with Gasteiger partial charge in [-0.25, -0.2) is 0 Å². The number of nitrogens with zero attached hydrogens (tertiary/aromatic N) is 1. The van der Waals surface area contributed by atoms with Gasteiger partial charge in [0.1, 0.15) is 0 Å². The van der Waals surface area contributed by atoms with E-state index in [1.165, 1.54) is 33.7 Å². The van der Waals surface area contributed by atoms with E-state index in [0.29, 0.717) is 6.04 Å². The third-order valence-electron chi connectivity index (χ3n) is 3.72. The number of fused-ring (bicyclic) bond motifs is 1. The molecule has 1 atom stereocenters. The molecule has 2 aromatic rings. The molecule has 1 aliphatic heterocycles. The van der Waals surface area contributed by atoms with Crippen molar-refractivity contribution in [1.29, 1.82) is 0 Å². The zero-order valence-electron chi connectivity index (χ0n) is 10.4. The molecule has 1 aliphatic rings. The second kappa shape index (κ2) is 4.39. The molecule has 0 spiro atoms. The van der Waals surface area contributed by atoms with Gasteiger partial charge in [0.05, 0.1) is 0 Å². The molecule has 0 amide bonds. The second-order valence-electron chi connectivity index (χ2n) is 4.66. The molecular weight excluding hydrogens is 228 g/mol. The molecule has 0 saturated carbocycles. The number of benzene rings is 1. The van der Waals surface area contributed by atoms with Gasteiger partial charge in [0.15, 0.2) is 0 Å². The lowest BCUT2D eigenvalue weighted by atomic mass is 10.0. The van der Waals surface area contributed by atoms with Crippen LogP contribution in [0.2, 0.25) is 0 Å². The summed E-state index contributed by atoms with van der Waals surface area (Å²) in [5, 5.41) is 5.06. The fraction of sp³-hybridized carbons (Fsp3) is 0.429. The Morgan fingerprint density at radius 1 is 1.35 bits per heavy atom. The largest absolute Gasteiger partial charge is 0.348 e. The molecule has 2 heterocycles. The SMILES string of the molecule is Cc1c(C2CSCCN2)c2ccccc2n1C. The smallest absolute Gasteiger partial charge is 0.0483 e. The van der Waals surface area contributed by atoms with Crippen molar-refractivity contribution in [3.05, 3.63) is 35.5 Å². The van der Waals surface area contributed by atoms with E-state index in [4.69, 9.17) is 0 Å². The van der Waals surface area contributed by atoms with Gasteiger partial charge in [-0.1, -0.05) is 18.2 Å². The molecule has 1 aromatic carbocycles. The van der Waals surface area contributed by atoms with E-state index in [1.807, 2.05) is 0 Å². The van der Waals surface area contributed by atoms with Crippen LogP contribution < -0.4 is 5.32 Å². The Kier molecular flexibility index (Phi) is 2.89. The predicted octanol–water partition coefficient (Wildman–Crippen LogP) is 2.86. The lowest BCUT2D eigenvalue weighted by Gasteiger charge is -2.24. The topological polar surface area (TPSA) is 17.0 Å². The van der Waals surface area contributed by atoms with Crippen molar-refractivity contribution in [2.75, 3.05) is 18.1 Å². The summed E-state index contributed by atoms with van der Waals surface area (Å²) in [5.41, 5.74) is 4.24. The third-order valence-corrected chi connectivity index (χ3v) is 4.78. The first-order chi connectivity index (χ1) is 8.29. The molecule has 0 radical (unpaired) electrons. The van der Waals surface area contributed by atoms with Gasteiger partial charge in [-0.05, 0) is 18.6 Å². The van der Waals surface area contributed by atoms with Crippen molar-refractivity contribution < 1.29 is 0 Å². The second-order valence-corrected chi connectivity index (χ2v) is 5.81. The summed E-state index contributed by atoms with van der Waals surface area (Å²) in [4.78, 5) is 0. The fourth-order valence-corrected chi connectivity index (χ4v) is 3.69. The van der Waals surface area contributed by atoms with Crippen LogP contribution in [0.25, 0.3) is 10.9 Å². The predicted molar refractivity (Wildman–Crippen MR) is 75.7 cm³/mol. The highest BCUT2D eigenvalue weighted by molar-refractivity contribution is 7.99. The van der Waals surface area contributed by atoms with Crippen molar-refractivity contribution in [2.24, 2.45) is 7.05 Å². The van der Waals surface area contributed by atoms with Crippen LogP contribution in [0.1, 0.15) is 17.3 Å². The Labute approximate surface area is 106 Å². The number of hydrogen-bond acceptors (Lipinski definition) is 2. The number of hydrogen-bond donors (Lipinski definition) is 1. The van der Waals surface area contributed by atoms with Crippen LogP contribution in [-0.2, 0) is 7.05 Å². The Morgan fingerprint density at radius 2 is 2.18 bits per heavy atom.